The number of anilines is 5. The van der Waals surface area contributed by atoms with Crippen molar-refractivity contribution in [1.29, 1.82) is 0 Å². The summed E-state index contributed by atoms with van der Waals surface area (Å²) in [4.78, 5) is 5.23. The first-order chi connectivity index (χ1) is 32.2. The summed E-state index contributed by atoms with van der Waals surface area (Å²) in [6.45, 7) is 28.1. The summed E-state index contributed by atoms with van der Waals surface area (Å²) in [6.07, 6.45) is 2.27. The van der Waals surface area contributed by atoms with Crippen LogP contribution in [0.15, 0.2) is 136 Å². The van der Waals surface area contributed by atoms with Crippen LogP contribution in [0.5, 0.6) is 0 Å². The highest BCUT2D eigenvalue weighted by molar-refractivity contribution is 6.93. The Hall–Kier alpha value is -6.46. The third kappa shape index (κ3) is 5.62. The molecule has 2 aliphatic carbocycles. The molecular weight excluding hydrogens is 828 g/mol. The highest BCUT2D eigenvalue weighted by Gasteiger charge is 2.53. The topological polar surface area (TPSA) is 32.8 Å². The first-order valence-electron chi connectivity index (χ1n) is 24.9. The Morgan fingerprint density at radius 1 is 0.485 bits per heavy atom. The molecule has 7 aromatic carbocycles. The molecule has 0 spiro atoms. The quantitative estimate of drug-likeness (QED) is 0.162. The van der Waals surface area contributed by atoms with Gasteiger partial charge in [-0.2, -0.15) is 0 Å². The summed E-state index contributed by atoms with van der Waals surface area (Å²) < 4.78 is 14.5. The lowest BCUT2D eigenvalue weighted by Gasteiger charge is -2.46. The highest BCUT2D eigenvalue weighted by Crippen LogP contribution is 2.60. The molecule has 4 nitrogen and oxygen atoms in total. The largest absolute Gasteiger partial charge is 0.466 e. The van der Waals surface area contributed by atoms with Crippen LogP contribution in [-0.2, 0) is 27.1 Å². The van der Waals surface area contributed by atoms with Crippen molar-refractivity contribution in [2.45, 2.75) is 123 Å². The van der Waals surface area contributed by atoms with Crippen LogP contribution in [-0.4, -0.2) is 6.85 Å². The van der Waals surface area contributed by atoms with Gasteiger partial charge >= 0.3 is 6.85 Å². The Bertz CT molecular complexity index is 3620. The Labute approximate surface area is 402 Å². The van der Waals surface area contributed by atoms with Crippen LogP contribution in [0.4, 0.5) is 28.4 Å². The van der Waals surface area contributed by atoms with E-state index in [-0.39, 0.29) is 33.9 Å². The minimum absolute atomic E-state index is 0.000136. The number of furan rings is 2. The van der Waals surface area contributed by atoms with Crippen molar-refractivity contribution in [2.24, 2.45) is 0 Å². The second kappa shape index (κ2) is 13.4. The number of hydrogen-bond donors (Lipinski definition) is 0. The van der Waals surface area contributed by atoms with Crippen LogP contribution < -0.4 is 20.8 Å². The van der Waals surface area contributed by atoms with E-state index in [0.29, 0.717) is 0 Å². The molecule has 0 N–H and O–H groups in total. The first kappa shape index (κ1) is 41.7. The van der Waals surface area contributed by atoms with Crippen molar-refractivity contribution >= 4 is 79.3 Å². The molecule has 0 amide bonds. The van der Waals surface area contributed by atoms with E-state index in [1.54, 1.807) is 0 Å². The molecule has 68 heavy (non-hydrogen) atoms. The smallest absolute Gasteiger partial charge is 0.375 e. The number of para-hydroxylation sites is 1. The van der Waals surface area contributed by atoms with Crippen molar-refractivity contribution in [2.75, 3.05) is 9.71 Å². The molecule has 5 heteroatoms. The predicted octanol–water partition coefficient (Wildman–Crippen LogP) is 16.3. The maximum Gasteiger partial charge on any atom is 0.375 e. The predicted molar refractivity (Wildman–Crippen MR) is 287 cm³/mol. The zero-order valence-corrected chi connectivity index (χ0v) is 41.8. The molecule has 0 unspecified atom stereocenters. The van der Waals surface area contributed by atoms with Crippen LogP contribution >= 0.6 is 0 Å². The van der Waals surface area contributed by atoms with Crippen molar-refractivity contribution in [3.63, 3.8) is 0 Å². The number of benzene rings is 7. The Morgan fingerprint density at radius 3 is 1.76 bits per heavy atom. The van der Waals surface area contributed by atoms with Gasteiger partial charge in [-0.3, -0.25) is 0 Å². The van der Waals surface area contributed by atoms with E-state index in [2.05, 4.69) is 220 Å². The van der Waals surface area contributed by atoms with E-state index in [9.17, 15) is 0 Å². The standard InChI is InChI=1S/C63H61BN2O2/c1-59(2,3)36-21-25-38(26-22-36)65-56-46-33-48-49(62(9,10)30-29-61(48,7)8)34-52(46)68-58(56)64-55-45(32-44-40-17-13-15-19-47(40)63(11,12)54(44)57(55)65)42-31-43-41-18-14-16-20-51(41)67-53(43)35-50(42)66(64)39-27-23-37(24-28-39)60(4,5)6/h13-28,31-35H,29-30H2,1-12H3. The van der Waals surface area contributed by atoms with Crippen LogP contribution in [0.1, 0.15) is 129 Å². The summed E-state index contributed by atoms with van der Waals surface area (Å²) in [5, 5.41) is 3.43. The summed E-state index contributed by atoms with van der Waals surface area (Å²) in [5.41, 5.74) is 23.7. The Morgan fingerprint density at radius 2 is 1.09 bits per heavy atom. The lowest BCUT2D eigenvalue weighted by atomic mass is 9.45. The average Bonchev–Trinajstić information content (AvgIpc) is 3.93. The number of hydrogen-bond acceptors (Lipinski definition) is 4. The van der Waals surface area contributed by atoms with Gasteiger partial charge in [0.15, 0.2) is 0 Å². The van der Waals surface area contributed by atoms with Crippen molar-refractivity contribution in [1.82, 2.24) is 0 Å². The maximum absolute atomic E-state index is 7.70. The summed E-state index contributed by atoms with van der Waals surface area (Å²) in [6, 6.07) is 48.7. The molecule has 338 valence electrons. The van der Waals surface area contributed by atoms with Gasteiger partial charge in [-0.1, -0.05) is 150 Å². The van der Waals surface area contributed by atoms with Crippen LogP contribution in [0, 0.1) is 0 Å². The average molecular weight is 889 g/mol. The fourth-order valence-electron chi connectivity index (χ4n) is 12.8. The summed E-state index contributed by atoms with van der Waals surface area (Å²) in [7, 11) is 0. The van der Waals surface area contributed by atoms with E-state index >= 15 is 0 Å². The minimum atomic E-state index is -0.309. The van der Waals surface area contributed by atoms with Gasteiger partial charge in [0.1, 0.15) is 22.4 Å². The minimum Gasteiger partial charge on any atom is -0.466 e. The second-order valence-electron chi connectivity index (χ2n) is 24.4. The van der Waals surface area contributed by atoms with E-state index < -0.39 is 0 Å². The van der Waals surface area contributed by atoms with E-state index in [0.717, 1.165) is 68.8 Å². The summed E-state index contributed by atoms with van der Waals surface area (Å²) in [5.74, 6) is 0. The molecule has 9 aromatic rings. The molecule has 2 aliphatic heterocycles. The lowest BCUT2D eigenvalue weighted by Crippen LogP contribution is -2.61. The van der Waals surface area contributed by atoms with Gasteiger partial charge in [-0.05, 0) is 145 Å². The van der Waals surface area contributed by atoms with Gasteiger partial charge < -0.3 is 18.5 Å². The fraction of sp³-hybridized carbons (Fsp3) is 0.302. The molecule has 0 saturated heterocycles. The number of rotatable bonds is 2. The van der Waals surface area contributed by atoms with E-state index in [4.69, 9.17) is 8.83 Å². The highest BCUT2D eigenvalue weighted by atomic mass is 16.3. The third-order valence-corrected chi connectivity index (χ3v) is 16.8. The zero-order valence-electron chi connectivity index (χ0n) is 41.8. The number of nitrogens with zero attached hydrogens (tertiary/aromatic N) is 2. The van der Waals surface area contributed by atoms with Crippen LogP contribution in [0.3, 0.4) is 0 Å². The maximum atomic E-state index is 7.70. The van der Waals surface area contributed by atoms with Crippen LogP contribution in [0.25, 0.3) is 55.2 Å². The lowest BCUT2D eigenvalue weighted by molar-refractivity contribution is 0.332. The molecule has 0 bridgehead atoms. The Balaban J connectivity index is 1.22. The van der Waals surface area contributed by atoms with E-state index in [1.807, 2.05) is 0 Å². The molecule has 4 aliphatic rings. The molecule has 4 heterocycles. The van der Waals surface area contributed by atoms with Gasteiger partial charge in [-0.25, -0.2) is 0 Å². The van der Waals surface area contributed by atoms with E-state index in [1.165, 1.54) is 72.2 Å². The summed E-state index contributed by atoms with van der Waals surface area (Å²) >= 11 is 0. The molecule has 0 fully saturated rings. The van der Waals surface area contributed by atoms with Crippen molar-refractivity contribution < 1.29 is 8.83 Å². The molecule has 13 rings (SSSR count). The van der Waals surface area contributed by atoms with Gasteiger partial charge in [0.25, 0.3) is 0 Å². The molecule has 2 aromatic heterocycles. The van der Waals surface area contributed by atoms with Gasteiger partial charge in [0, 0.05) is 56.0 Å². The zero-order chi connectivity index (χ0) is 47.2. The monoisotopic (exact) mass is 888 g/mol. The van der Waals surface area contributed by atoms with Crippen molar-refractivity contribution in [3.05, 3.63) is 161 Å². The van der Waals surface area contributed by atoms with Gasteiger partial charge in [0.05, 0.1) is 5.69 Å². The first-order valence-corrected chi connectivity index (χ1v) is 24.9. The molecule has 0 atom stereocenters. The molecular formula is C63H61BN2O2. The molecule has 0 radical (unpaired) electrons. The number of fused-ring (bicyclic) bond motifs is 14. The van der Waals surface area contributed by atoms with Gasteiger partial charge in [0.2, 0.25) is 0 Å². The van der Waals surface area contributed by atoms with Gasteiger partial charge in [-0.15, -0.1) is 0 Å². The second-order valence-corrected chi connectivity index (χ2v) is 24.4. The Kier molecular flexibility index (Phi) is 8.22. The third-order valence-electron chi connectivity index (χ3n) is 16.8. The van der Waals surface area contributed by atoms with Crippen molar-refractivity contribution in [3.8, 4) is 22.3 Å². The SMILES string of the molecule is CC(C)(C)c1ccc(N2B3c4oc5cc6c(cc5c4N(c4ccc(C(C)(C)C)cc4)c4c3c(cc3c4C(C)(C)c4ccccc4-3)-c3cc4c(cc32)oc2ccccc24)C(C)(C)CCC6(C)C)cc1. The molecule has 0 saturated carbocycles. The normalized spacial score (nSPS) is 17.3. The fourth-order valence-corrected chi connectivity index (χ4v) is 12.8. The van der Waals surface area contributed by atoms with Crippen LogP contribution in [0.2, 0.25) is 0 Å².